The van der Waals surface area contributed by atoms with Gasteiger partial charge in [0.1, 0.15) is 24.2 Å². The number of carbonyl (C=O) groups is 3. The Bertz CT molecular complexity index is 932. The van der Waals surface area contributed by atoms with Gasteiger partial charge in [-0.15, -0.1) is 23.1 Å². The van der Waals surface area contributed by atoms with E-state index in [4.69, 9.17) is 4.55 Å². The molecule has 0 spiro atoms. The van der Waals surface area contributed by atoms with Crippen LogP contribution in [0.4, 0.5) is 5.13 Å². The van der Waals surface area contributed by atoms with Crippen molar-refractivity contribution in [2.45, 2.75) is 11.4 Å². The molecule has 1 aliphatic heterocycles. The number of anilines is 1. The smallest absolute Gasteiger partial charge is 0.363 e. The molecule has 3 amide bonds. The topological polar surface area (TPSA) is 167 Å². The summed E-state index contributed by atoms with van der Waals surface area (Å²) in [5, 5.41) is 9.24. The number of carbonyl (C=O) groups excluding carboxylic acids is 3. The predicted octanol–water partition coefficient (Wildman–Crippen LogP) is -0.386. The molecule has 12 nitrogen and oxygen atoms in total. The van der Waals surface area contributed by atoms with E-state index in [1.165, 1.54) is 30.5 Å². The molecular formula is C13H17N5O7S4. The van der Waals surface area contributed by atoms with Crippen molar-refractivity contribution in [3.8, 4) is 0 Å². The Labute approximate surface area is 178 Å². The standard InChI is InChI=1S/C13H17N5O7S4/c1-25-17-8(6-4-28-13(14-6)15-7(19)5-26-2)10(20)16-9-11(21)18(12(9)27-3)29(22,23)24/h4,9,12H,5H2,1-3H3,(H,16,20)(H,14,15,19)(H,22,23,24)/t9-,12+/m1/s1. The van der Waals surface area contributed by atoms with Gasteiger partial charge in [-0.25, -0.2) is 4.98 Å². The van der Waals surface area contributed by atoms with Crippen LogP contribution in [0, 0.1) is 0 Å². The average Bonchev–Trinajstić information content (AvgIpc) is 3.08. The Kier molecular flexibility index (Phi) is 7.87. The number of nitrogens with zero attached hydrogens (tertiary/aromatic N) is 3. The Morgan fingerprint density at radius 1 is 1.45 bits per heavy atom. The van der Waals surface area contributed by atoms with Gasteiger partial charge >= 0.3 is 10.3 Å². The van der Waals surface area contributed by atoms with Crippen molar-refractivity contribution in [1.82, 2.24) is 14.6 Å². The Balaban J connectivity index is 2.15. The lowest BCUT2D eigenvalue weighted by Crippen LogP contribution is -2.71. The highest BCUT2D eigenvalue weighted by molar-refractivity contribution is 8.00. The minimum absolute atomic E-state index is 0.0907. The molecule has 0 bridgehead atoms. The molecule has 2 atom stereocenters. The number of thiazole rings is 1. The summed E-state index contributed by atoms with van der Waals surface area (Å²) in [6.45, 7) is 0. The number of oxime groups is 1. The Morgan fingerprint density at radius 2 is 2.14 bits per heavy atom. The molecule has 1 aromatic rings. The molecule has 1 fully saturated rings. The second kappa shape index (κ2) is 9.75. The fourth-order valence-corrected chi connectivity index (χ4v) is 5.39. The van der Waals surface area contributed by atoms with Crippen molar-refractivity contribution in [1.29, 1.82) is 0 Å². The summed E-state index contributed by atoms with van der Waals surface area (Å²) in [4.78, 5) is 45.0. The molecule has 1 aliphatic rings. The van der Waals surface area contributed by atoms with Crippen LogP contribution < -0.4 is 10.6 Å². The number of hydrogen-bond acceptors (Lipinski definition) is 11. The van der Waals surface area contributed by atoms with E-state index >= 15 is 0 Å². The van der Waals surface area contributed by atoms with Crippen LogP contribution in [-0.2, 0) is 29.5 Å². The third kappa shape index (κ3) is 5.39. The van der Waals surface area contributed by atoms with Crippen LogP contribution in [0.1, 0.15) is 5.69 Å². The van der Waals surface area contributed by atoms with Crippen LogP contribution in [0.25, 0.3) is 0 Å². The molecule has 0 radical (unpaired) electrons. The molecule has 29 heavy (non-hydrogen) atoms. The first-order chi connectivity index (χ1) is 13.6. The van der Waals surface area contributed by atoms with Gasteiger partial charge in [-0.3, -0.25) is 18.9 Å². The number of hydrogen-bond donors (Lipinski definition) is 3. The average molecular weight is 484 g/mol. The van der Waals surface area contributed by atoms with Crippen LogP contribution in [0.15, 0.2) is 10.5 Å². The monoisotopic (exact) mass is 483 g/mol. The van der Waals surface area contributed by atoms with E-state index < -0.39 is 33.5 Å². The van der Waals surface area contributed by atoms with Crippen LogP contribution >= 0.6 is 34.9 Å². The Hall–Kier alpha value is -1.88. The maximum absolute atomic E-state index is 12.6. The zero-order chi connectivity index (χ0) is 21.8. The minimum Gasteiger partial charge on any atom is -0.398 e. The van der Waals surface area contributed by atoms with Crippen molar-refractivity contribution < 1.29 is 32.2 Å². The van der Waals surface area contributed by atoms with Gasteiger partial charge in [0.15, 0.2) is 10.8 Å². The lowest BCUT2D eigenvalue weighted by molar-refractivity contribution is -0.140. The summed E-state index contributed by atoms with van der Waals surface area (Å²) in [7, 11) is -3.53. The Morgan fingerprint density at radius 3 is 2.69 bits per heavy atom. The van der Waals surface area contributed by atoms with Gasteiger partial charge in [0.05, 0.1) is 5.75 Å². The van der Waals surface area contributed by atoms with E-state index in [9.17, 15) is 22.8 Å². The van der Waals surface area contributed by atoms with Crippen LogP contribution in [0.3, 0.4) is 0 Å². The number of nitrogens with one attached hydrogen (secondary N) is 2. The SMILES string of the molecule is CON=C(C(=O)N[C@@H]1C(=O)N(S(=O)(=O)O)[C@H]1SC)c1csc(NC(=O)CSC)n1. The zero-order valence-electron chi connectivity index (χ0n) is 15.3. The molecule has 1 aromatic heterocycles. The molecule has 0 aliphatic carbocycles. The van der Waals surface area contributed by atoms with E-state index in [1.807, 2.05) is 0 Å². The van der Waals surface area contributed by atoms with E-state index in [2.05, 4.69) is 25.6 Å². The van der Waals surface area contributed by atoms with Crippen LogP contribution in [0.5, 0.6) is 0 Å². The fourth-order valence-electron chi connectivity index (χ4n) is 2.28. The molecule has 3 N–H and O–H groups in total. The van der Waals surface area contributed by atoms with E-state index in [1.54, 1.807) is 6.26 Å². The van der Waals surface area contributed by atoms with Gasteiger partial charge in [0.25, 0.3) is 11.8 Å². The first kappa shape index (κ1) is 23.4. The van der Waals surface area contributed by atoms with Gasteiger partial charge < -0.3 is 15.5 Å². The van der Waals surface area contributed by atoms with Crippen LogP contribution in [0.2, 0.25) is 0 Å². The van der Waals surface area contributed by atoms with Crippen molar-refractivity contribution in [3.63, 3.8) is 0 Å². The number of rotatable bonds is 9. The van der Waals surface area contributed by atoms with Gasteiger partial charge in [0, 0.05) is 5.38 Å². The number of β-lactam (4-membered cyclic amide) rings is 1. The highest BCUT2D eigenvalue weighted by Gasteiger charge is 2.54. The van der Waals surface area contributed by atoms with Crippen molar-refractivity contribution in [3.05, 3.63) is 11.1 Å². The summed E-state index contributed by atoms with van der Waals surface area (Å²) in [5.74, 6) is -1.86. The molecule has 1 saturated heterocycles. The van der Waals surface area contributed by atoms with E-state index in [-0.39, 0.29) is 32.5 Å². The van der Waals surface area contributed by atoms with Gasteiger partial charge in [-0.1, -0.05) is 5.16 Å². The number of amides is 3. The molecule has 0 unspecified atom stereocenters. The highest BCUT2D eigenvalue weighted by atomic mass is 32.2. The third-order valence-corrected chi connectivity index (χ3v) is 6.75. The minimum atomic E-state index is -4.74. The summed E-state index contributed by atoms with van der Waals surface area (Å²) in [6.07, 6.45) is 3.29. The quantitative estimate of drug-likeness (QED) is 0.182. The largest absolute Gasteiger partial charge is 0.398 e. The maximum atomic E-state index is 12.6. The maximum Gasteiger partial charge on any atom is 0.363 e. The zero-order valence-corrected chi connectivity index (χ0v) is 18.6. The summed E-state index contributed by atoms with van der Waals surface area (Å²) in [5.41, 5.74) is -0.181. The van der Waals surface area contributed by atoms with Crippen LogP contribution in [-0.4, -0.2) is 82.5 Å². The number of aromatic nitrogens is 1. The van der Waals surface area contributed by atoms with E-state index in [0.29, 0.717) is 0 Å². The van der Waals surface area contributed by atoms with Crippen molar-refractivity contribution in [2.75, 3.05) is 30.7 Å². The van der Waals surface area contributed by atoms with Gasteiger partial charge in [0.2, 0.25) is 5.91 Å². The second-order valence-corrected chi connectivity index (χ2v) is 9.30. The summed E-state index contributed by atoms with van der Waals surface area (Å²) in [6, 6.07) is -1.19. The highest BCUT2D eigenvalue weighted by Crippen LogP contribution is 2.30. The summed E-state index contributed by atoms with van der Waals surface area (Å²) >= 11 is 3.35. The van der Waals surface area contributed by atoms with Gasteiger partial charge in [-0.05, 0) is 12.5 Å². The first-order valence-electron chi connectivity index (χ1n) is 7.64. The van der Waals surface area contributed by atoms with Gasteiger partial charge in [-0.2, -0.15) is 24.5 Å². The number of thioether (sulfide) groups is 2. The fraction of sp³-hybridized carbons (Fsp3) is 0.462. The third-order valence-electron chi connectivity index (χ3n) is 3.44. The second-order valence-electron chi connectivity index (χ2n) is 5.33. The summed E-state index contributed by atoms with van der Waals surface area (Å²) < 4.78 is 31.9. The normalized spacial score (nSPS) is 19.5. The molecule has 16 heteroatoms. The molecule has 0 aromatic carbocycles. The lowest BCUT2D eigenvalue weighted by atomic mass is 10.1. The molecule has 0 saturated carbocycles. The molecule has 160 valence electrons. The first-order valence-corrected chi connectivity index (χ1v) is 12.6. The van der Waals surface area contributed by atoms with E-state index in [0.717, 1.165) is 23.1 Å². The van der Waals surface area contributed by atoms with Crippen molar-refractivity contribution >= 4 is 73.7 Å². The van der Waals surface area contributed by atoms with Crippen molar-refractivity contribution in [2.24, 2.45) is 5.16 Å². The predicted molar refractivity (Wildman–Crippen MR) is 110 cm³/mol. The molecule has 2 rings (SSSR count). The lowest BCUT2D eigenvalue weighted by Gasteiger charge is -2.42. The molecular weight excluding hydrogens is 466 g/mol. The molecule has 2 heterocycles.